The van der Waals surface area contributed by atoms with Crippen molar-refractivity contribution in [2.75, 3.05) is 34.4 Å². The SMILES string of the molecule is COc1ccc(OC)c(C(=O)N(C)CC2CCCCN2)c1. The van der Waals surface area contributed by atoms with Crippen LogP contribution in [-0.2, 0) is 0 Å². The fourth-order valence-electron chi connectivity index (χ4n) is 2.68. The number of carbonyl (C=O) groups is 1. The van der Waals surface area contributed by atoms with E-state index in [9.17, 15) is 4.79 Å². The lowest BCUT2D eigenvalue weighted by Crippen LogP contribution is -2.44. The average Bonchev–Trinajstić information content (AvgIpc) is 2.54. The van der Waals surface area contributed by atoms with Crippen LogP contribution in [0.1, 0.15) is 29.6 Å². The number of hydrogen-bond acceptors (Lipinski definition) is 4. The van der Waals surface area contributed by atoms with Crippen LogP contribution in [0.15, 0.2) is 18.2 Å². The van der Waals surface area contributed by atoms with E-state index in [4.69, 9.17) is 9.47 Å². The second-order valence-electron chi connectivity index (χ2n) is 5.40. The number of benzene rings is 1. The topological polar surface area (TPSA) is 50.8 Å². The van der Waals surface area contributed by atoms with Gasteiger partial charge in [-0.2, -0.15) is 0 Å². The maximum Gasteiger partial charge on any atom is 0.257 e. The Balaban J connectivity index is 2.10. The van der Waals surface area contributed by atoms with E-state index >= 15 is 0 Å². The Kier molecular flexibility index (Phi) is 5.44. The molecule has 0 radical (unpaired) electrons. The molecule has 1 aromatic carbocycles. The van der Waals surface area contributed by atoms with Crippen molar-refractivity contribution in [1.82, 2.24) is 10.2 Å². The third-order valence-corrected chi connectivity index (χ3v) is 3.89. The Bertz CT molecular complexity index is 484. The van der Waals surface area contributed by atoms with Gasteiger partial charge in [0.2, 0.25) is 0 Å². The van der Waals surface area contributed by atoms with Crippen LogP contribution < -0.4 is 14.8 Å². The van der Waals surface area contributed by atoms with Crippen LogP contribution in [0.25, 0.3) is 0 Å². The molecule has 116 valence electrons. The van der Waals surface area contributed by atoms with Crippen molar-refractivity contribution in [2.24, 2.45) is 0 Å². The number of carbonyl (C=O) groups excluding carboxylic acids is 1. The largest absolute Gasteiger partial charge is 0.497 e. The van der Waals surface area contributed by atoms with E-state index in [1.165, 1.54) is 12.8 Å². The lowest BCUT2D eigenvalue weighted by Gasteiger charge is -2.28. The third kappa shape index (κ3) is 3.88. The molecule has 1 fully saturated rings. The van der Waals surface area contributed by atoms with Crippen molar-refractivity contribution >= 4 is 5.91 Å². The number of ether oxygens (including phenoxy) is 2. The Morgan fingerprint density at radius 2 is 2.14 bits per heavy atom. The van der Waals surface area contributed by atoms with Gasteiger partial charge in [-0.3, -0.25) is 4.79 Å². The second-order valence-corrected chi connectivity index (χ2v) is 5.40. The first-order chi connectivity index (χ1) is 10.2. The minimum Gasteiger partial charge on any atom is -0.497 e. The molecule has 5 heteroatoms. The quantitative estimate of drug-likeness (QED) is 0.901. The normalized spacial score (nSPS) is 18.1. The Morgan fingerprint density at radius 1 is 1.33 bits per heavy atom. The van der Waals surface area contributed by atoms with Crippen molar-refractivity contribution < 1.29 is 14.3 Å². The minimum absolute atomic E-state index is 0.0434. The lowest BCUT2D eigenvalue weighted by atomic mass is 10.0. The number of nitrogens with zero attached hydrogens (tertiary/aromatic N) is 1. The highest BCUT2D eigenvalue weighted by Gasteiger charge is 2.21. The average molecular weight is 292 g/mol. The second kappa shape index (κ2) is 7.31. The molecule has 0 aliphatic carbocycles. The van der Waals surface area contributed by atoms with E-state index in [1.807, 2.05) is 7.05 Å². The molecule has 1 aliphatic rings. The predicted molar refractivity (Wildman–Crippen MR) is 82.1 cm³/mol. The van der Waals surface area contributed by atoms with Gasteiger partial charge in [-0.25, -0.2) is 0 Å². The zero-order valence-corrected chi connectivity index (χ0v) is 13.0. The van der Waals surface area contributed by atoms with E-state index in [0.29, 0.717) is 29.6 Å². The fourth-order valence-corrected chi connectivity index (χ4v) is 2.68. The predicted octanol–water partition coefficient (Wildman–Crippen LogP) is 1.92. The molecule has 5 nitrogen and oxygen atoms in total. The monoisotopic (exact) mass is 292 g/mol. The molecule has 1 unspecified atom stereocenters. The van der Waals surface area contributed by atoms with E-state index in [0.717, 1.165) is 13.0 Å². The molecule has 1 N–H and O–H groups in total. The van der Waals surface area contributed by atoms with Crippen LogP contribution in [0.2, 0.25) is 0 Å². The number of amides is 1. The van der Waals surface area contributed by atoms with Gasteiger partial charge in [-0.1, -0.05) is 6.42 Å². The number of methoxy groups -OCH3 is 2. The molecule has 1 aromatic rings. The highest BCUT2D eigenvalue weighted by molar-refractivity contribution is 5.97. The van der Waals surface area contributed by atoms with Gasteiger partial charge in [0, 0.05) is 19.6 Å². The summed E-state index contributed by atoms with van der Waals surface area (Å²) in [6.07, 6.45) is 3.56. The first-order valence-corrected chi connectivity index (χ1v) is 7.36. The molecule has 0 bridgehead atoms. The fraction of sp³-hybridized carbons (Fsp3) is 0.562. The van der Waals surface area contributed by atoms with E-state index < -0.39 is 0 Å². The lowest BCUT2D eigenvalue weighted by molar-refractivity contribution is 0.0771. The Hall–Kier alpha value is -1.75. The third-order valence-electron chi connectivity index (χ3n) is 3.89. The molecule has 0 saturated carbocycles. The van der Waals surface area contributed by atoms with E-state index in [-0.39, 0.29) is 5.91 Å². The molecule has 1 atom stereocenters. The number of nitrogens with one attached hydrogen (secondary N) is 1. The number of rotatable bonds is 5. The van der Waals surface area contributed by atoms with Crippen molar-refractivity contribution in [3.63, 3.8) is 0 Å². The Labute approximate surface area is 126 Å². The van der Waals surface area contributed by atoms with Gasteiger partial charge in [-0.05, 0) is 37.6 Å². The summed E-state index contributed by atoms with van der Waals surface area (Å²) in [5.41, 5.74) is 0.537. The Morgan fingerprint density at radius 3 is 2.76 bits per heavy atom. The summed E-state index contributed by atoms with van der Waals surface area (Å²) in [4.78, 5) is 14.4. The van der Waals surface area contributed by atoms with Gasteiger partial charge in [0.25, 0.3) is 5.91 Å². The first-order valence-electron chi connectivity index (χ1n) is 7.36. The van der Waals surface area contributed by atoms with Gasteiger partial charge in [0.05, 0.1) is 19.8 Å². The number of hydrogen-bond donors (Lipinski definition) is 1. The summed E-state index contributed by atoms with van der Waals surface area (Å²) in [5.74, 6) is 1.19. The van der Waals surface area contributed by atoms with Crippen LogP contribution in [0.5, 0.6) is 11.5 Å². The maximum absolute atomic E-state index is 12.6. The standard InChI is InChI=1S/C16H24N2O3/c1-18(11-12-6-4-5-9-17-12)16(19)14-10-13(20-2)7-8-15(14)21-3/h7-8,10,12,17H,4-6,9,11H2,1-3H3. The van der Waals surface area contributed by atoms with Crippen LogP contribution >= 0.6 is 0 Å². The van der Waals surface area contributed by atoms with Crippen molar-refractivity contribution in [1.29, 1.82) is 0 Å². The summed E-state index contributed by atoms with van der Waals surface area (Å²) >= 11 is 0. The van der Waals surface area contributed by atoms with Gasteiger partial charge < -0.3 is 19.7 Å². The summed E-state index contributed by atoms with van der Waals surface area (Å²) < 4.78 is 10.5. The van der Waals surface area contributed by atoms with Gasteiger partial charge in [0.1, 0.15) is 11.5 Å². The molecule has 1 saturated heterocycles. The molecule has 1 heterocycles. The molecule has 0 spiro atoms. The maximum atomic E-state index is 12.6. The minimum atomic E-state index is -0.0434. The van der Waals surface area contributed by atoms with Crippen molar-refractivity contribution in [3.8, 4) is 11.5 Å². The van der Waals surface area contributed by atoms with Crippen molar-refractivity contribution in [3.05, 3.63) is 23.8 Å². The highest BCUT2D eigenvalue weighted by Crippen LogP contribution is 2.25. The smallest absolute Gasteiger partial charge is 0.257 e. The summed E-state index contributed by atoms with van der Waals surface area (Å²) in [5, 5.41) is 3.46. The van der Waals surface area contributed by atoms with Gasteiger partial charge in [-0.15, -0.1) is 0 Å². The highest BCUT2D eigenvalue weighted by atomic mass is 16.5. The molecule has 1 aliphatic heterocycles. The van der Waals surface area contributed by atoms with E-state index in [2.05, 4.69) is 5.32 Å². The van der Waals surface area contributed by atoms with Gasteiger partial charge in [0.15, 0.2) is 0 Å². The summed E-state index contributed by atoms with van der Waals surface area (Å²) in [6.45, 7) is 1.74. The van der Waals surface area contributed by atoms with Gasteiger partial charge >= 0.3 is 0 Å². The summed E-state index contributed by atoms with van der Waals surface area (Å²) in [7, 11) is 4.99. The summed E-state index contributed by atoms with van der Waals surface area (Å²) in [6, 6.07) is 5.66. The van der Waals surface area contributed by atoms with Crippen molar-refractivity contribution in [2.45, 2.75) is 25.3 Å². The zero-order chi connectivity index (χ0) is 15.2. The van der Waals surface area contributed by atoms with Crippen LogP contribution in [0.4, 0.5) is 0 Å². The number of likely N-dealkylation sites (N-methyl/N-ethyl adjacent to an activating group) is 1. The van der Waals surface area contributed by atoms with Crippen LogP contribution in [0.3, 0.4) is 0 Å². The molecule has 1 amide bonds. The van der Waals surface area contributed by atoms with Crippen LogP contribution in [0, 0.1) is 0 Å². The molecule has 0 aromatic heterocycles. The van der Waals surface area contributed by atoms with Crippen LogP contribution in [-0.4, -0.2) is 51.2 Å². The molecule has 2 rings (SSSR count). The number of piperidine rings is 1. The molecule has 21 heavy (non-hydrogen) atoms. The molecular formula is C16H24N2O3. The van der Waals surface area contributed by atoms with E-state index in [1.54, 1.807) is 37.3 Å². The first kappa shape index (κ1) is 15.6. The zero-order valence-electron chi connectivity index (χ0n) is 13.0. The molecular weight excluding hydrogens is 268 g/mol.